The van der Waals surface area contributed by atoms with Crippen LogP contribution in [0.3, 0.4) is 0 Å². The van der Waals surface area contributed by atoms with Gasteiger partial charge >= 0.3 is 6.09 Å². The van der Waals surface area contributed by atoms with E-state index < -0.39 is 0 Å². The molecule has 1 saturated carbocycles. The molecule has 0 unspecified atom stereocenters. The van der Waals surface area contributed by atoms with Crippen molar-refractivity contribution >= 4 is 11.8 Å². The van der Waals surface area contributed by atoms with Crippen molar-refractivity contribution in [3.63, 3.8) is 0 Å². The number of benzene rings is 2. The van der Waals surface area contributed by atoms with E-state index in [9.17, 15) is 4.79 Å². The largest absolute Gasteiger partial charge is 0.445 e. The first-order valence-electron chi connectivity index (χ1n) is 14.3. The molecule has 36 heavy (non-hydrogen) atoms. The van der Waals surface area contributed by atoms with E-state index in [1.54, 1.807) is 0 Å². The van der Waals surface area contributed by atoms with Gasteiger partial charge in [-0.25, -0.2) is 4.79 Å². The molecular formula is C31H45N3O2. The number of carbonyl (C=O) groups is 1. The Hall–Kier alpha value is -2.53. The van der Waals surface area contributed by atoms with Crippen molar-refractivity contribution in [2.24, 2.45) is 0 Å². The fourth-order valence-corrected chi connectivity index (χ4v) is 6.04. The lowest BCUT2D eigenvalue weighted by molar-refractivity contribution is 0.0838. The minimum absolute atomic E-state index is 0.0178. The molecule has 1 aliphatic carbocycles. The average molecular weight is 492 g/mol. The standard InChI is InChI=1S/C29H39N3O2.C2H6/c1-23-28-21-27(31-19-17-30(18-20-31)26-12-6-3-7-13-26)15-14-25(28)11-8-16-32(23)29(33)34-22-24-9-4-2-5-10-24;1-2/h2,4-5,9-10,14-15,21,23,26H,3,6-8,11-13,16-20,22H2,1H3;1-2H3/t23-;/m0./s1. The average Bonchev–Trinajstić information content (AvgIpc) is 3.12. The van der Waals surface area contributed by atoms with Gasteiger partial charge in [0, 0.05) is 44.5 Å². The monoisotopic (exact) mass is 491 g/mol. The number of amides is 1. The van der Waals surface area contributed by atoms with Gasteiger partial charge < -0.3 is 14.5 Å². The van der Waals surface area contributed by atoms with Crippen LogP contribution in [0.5, 0.6) is 0 Å². The Balaban J connectivity index is 0.00000148. The lowest BCUT2D eigenvalue weighted by atomic mass is 9.93. The van der Waals surface area contributed by atoms with Gasteiger partial charge in [-0.3, -0.25) is 4.90 Å². The minimum Gasteiger partial charge on any atom is -0.445 e. The summed E-state index contributed by atoms with van der Waals surface area (Å²) in [5, 5.41) is 0. The number of hydrogen-bond acceptors (Lipinski definition) is 4. The Labute approximate surface area is 218 Å². The molecule has 0 bridgehead atoms. The summed E-state index contributed by atoms with van der Waals surface area (Å²) in [6.07, 6.45) is 8.75. The van der Waals surface area contributed by atoms with Crippen molar-refractivity contribution in [3.8, 4) is 0 Å². The molecule has 5 rings (SSSR count). The maximum absolute atomic E-state index is 13.0. The summed E-state index contributed by atoms with van der Waals surface area (Å²) in [7, 11) is 0. The molecule has 3 aliphatic rings. The molecule has 0 spiro atoms. The fourth-order valence-electron chi connectivity index (χ4n) is 6.04. The van der Waals surface area contributed by atoms with Crippen molar-refractivity contribution < 1.29 is 9.53 Å². The van der Waals surface area contributed by atoms with Gasteiger partial charge in [0.05, 0.1) is 6.04 Å². The summed E-state index contributed by atoms with van der Waals surface area (Å²) >= 11 is 0. The van der Waals surface area contributed by atoms with Gasteiger partial charge in [0.25, 0.3) is 0 Å². The van der Waals surface area contributed by atoms with Crippen LogP contribution in [0.2, 0.25) is 0 Å². The molecule has 1 saturated heterocycles. The molecule has 2 fully saturated rings. The first-order chi connectivity index (χ1) is 17.7. The van der Waals surface area contributed by atoms with Crippen LogP contribution in [-0.2, 0) is 17.8 Å². The molecule has 0 radical (unpaired) electrons. The Morgan fingerprint density at radius 3 is 2.33 bits per heavy atom. The second-order valence-corrected chi connectivity index (χ2v) is 10.2. The number of piperazine rings is 1. The van der Waals surface area contributed by atoms with E-state index in [-0.39, 0.29) is 12.1 Å². The van der Waals surface area contributed by atoms with Crippen molar-refractivity contribution in [3.05, 3.63) is 65.2 Å². The van der Waals surface area contributed by atoms with Crippen molar-refractivity contribution in [2.75, 3.05) is 37.6 Å². The van der Waals surface area contributed by atoms with Gasteiger partial charge in [-0.15, -0.1) is 0 Å². The highest BCUT2D eigenvalue weighted by molar-refractivity contribution is 5.69. The van der Waals surface area contributed by atoms with Gasteiger partial charge in [-0.1, -0.05) is 69.5 Å². The molecule has 5 nitrogen and oxygen atoms in total. The van der Waals surface area contributed by atoms with Crippen LogP contribution in [0, 0.1) is 0 Å². The van der Waals surface area contributed by atoms with Gasteiger partial charge in [0.2, 0.25) is 0 Å². The smallest absolute Gasteiger partial charge is 0.410 e. The molecule has 1 amide bonds. The lowest BCUT2D eigenvalue weighted by Crippen LogP contribution is -2.50. The zero-order valence-electron chi connectivity index (χ0n) is 22.6. The summed E-state index contributed by atoms with van der Waals surface area (Å²) in [6, 6.07) is 17.7. The second kappa shape index (κ2) is 13.1. The van der Waals surface area contributed by atoms with E-state index >= 15 is 0 Å². The molecule has 2 aromatic carbocycles. The summed E-state index contributed by atoms with van der Waals surface area (Å²) in [5.74, 6) is 0. The first kappa shape index (κ1) is 26.5. The maximum Gasteiger partial charge on any atom is 0.410 e. The molecular weight excluding hydrogens is 446 g/mol. The number of ether oxygens (including phenoxy) is 1. The highest BCUT2D eigenvalue weighted by atomic mass is 16.6. The molecule has 5 heteroatoms. The summed E-state index contributed by atoms with van der Waals surface area (Å²) < 4.78 is 5.70. The van der Waals surface area contributed by atoms with Crippen molar-refractivity contribution in [1.29, 1.82) is 0 Å². The zero-order valence-corrected chi connectivity index (χ0v) is 22.6. The molecule has 2 heterocycles. The van der Waals surface area contributed by atoms with Crippen LogP contribution in [-0.4, -0.2) is 54.7 Å². The summed E-state index contributed by atoms with van der Waals surface area (Å²) in [6.45, 7) is 11.7. The number of aryl methyl sites for hydroxylation is 1. The lowest BCUT2D eigenvalue weighted by Gasteiger charge is -2.41. The predicted octanol–water partition coefficient (Wildman–Crippen LogP) is 6.81. The summed E-state index contributed by atoms with van der Waals surface area (Å²) in [4.78, 5) is 20.2. The molecule has 2 aromatic rings. The molecule has 0 aromatic heterocycles. The number of rotatable bonds is 4. The highest BCUT2D eigenvalue weighted by Gasteiger charge is 2.29. The number of hydrogen-bond donors (Lipinski definition) is 0. The third-order valence-electron chi connectivity index (χ3n) is 8.10. The molecule has 196 valence electrons. The van der Waals surface area contributed by atoms with Crippen LogP contribution in [0.15, 0.2) is 48.5 Å². The maximum atomic E-state index is 13.0. The third kappa shape index (κ3) is 6.42. The Bertz CT molecular complexity index is 950. The normalized spacial score (nSPS) is 21.1. The van der Waals surface area contributed by atoms with E-state index in [0.29, 0.717) is 6.61 Å². The van der Waals surface area contributed by atoms with E-state index in [4.69, 9.17) is 4.74 Å². The Morgan fingerprint density at radius 1 is 0.889 bits per heavy atom. The van der Waals surface area contributed by atoms with E-state index in [1.165, 1.54) is 48.9 Å². The van der Waals surface area contributed by atoms with Crippen LogP contribution >= 0.6 is 0 Å². The molecule has 1 atom stereocenters. The number of carbonyl (C=O) groups excluding carboxylic acids is 1. The first-order valence-corrected chi connectivity index (χ1v) is 14.3. The highest BCUT2D eigenvalue weighted by Crippen LogP contribution is 2.33. The molecule has 2 aliphatic heterocycles. The van der Waals surface area contributed by atoms with Crippen LogP contribution in [0.25, 0.3) is 0 Å². The topological polar surface area (TPSA) is 36.0 Å². The summed E-state index contributed by atoms with van der Waals surface area (Å²) in [5.41, 5.74) is 4.97. The van der Waals surface area contributed by atoms with Crippen molar-refractivity contribution in [2.45, 2.75) is 84.4 Å². The quantitative estimate of drug-likeness (QED) is 0.470. The zero-order chi connectivity index (χ0) is 25.3. The number of nitrogens with zero attached hydrogens (tertiary/aromatic N) is 3. The Kier molecular flexibility index (Phi) is 9.68. The van der Waals surface area contributed by atoms with E-state index in [2.05, 4.69) is 34.9 Å². The number of anilines is 1. The van der Waals surface area contributed by atoms with Crippen LogP contribution in [0.4, 0.5) is 10.5 Å². The van der Waals surface area contributed by atoms with Crippen LogP contribution < -0.4 is 4.90 Å². The van der Waals surface area contributed by atoms with E-state index in [1.807, 2.05) is 49.1 Å². The minimum atomic E-state index is -0.212. The van der Waals surface area contributed by atoms with Gasteiger partial charge in [0.15, 0.2) is 0 Å². The fraction of sp³-hybridized carbons (Fsp3) is 0.581. The predicted molar refractivity (Wildman–Crippen MR) is 149 cm³/mol. The third-order valence-corrected chi connectivity index (χ3v) is 8.10. The number of fused-ring (bicyclic) bond motifs is 1. The van der Waals surface area contributed by atoms with Gasteiger partial charge in [-0.2, -0.15) is 0 Å². The van der Waals surface area contributed by atoms with Gasteiger partial charge in [-0.05, 0) is 61.4 Å². The van der Waals surface area contributed by atoms with Crippen molar-refractivity contribution in [1.82, 2.24) is 9.80 Å². The SMILES string of the molecule is CC.C[C@H]1c2cc(N3CCN(C4CCCCC4)CC3)ccc2CCCN1C(=O)OCc1ccccc1. The molecule has 0 N–H and O–H groups in total. The van der Waals surface area contributed by atoms with Gasteiger partial charge in [0.1, 0.15) is 6.61 Å². The second-order valence-electron chi connectivity index (χ2n) is 10.2. The van der Waals surface area contributed by atoms with E-state index in [0.717, 1.165) is 57.2 Å². The van der Waals surface area contributed by atoms with Crippen LogP contribution in [0.1, 0.15) is 82.0 Å². The Morgan fingerprint density at radius 2 is 1.61 bits per heavy atom.